The van der Waals surface area contributed by atoms with Crippen LogP contribution in [0.4, 0.5) is 0 Å². The lowest BCUT2D eigenvalue weighted by Crippen LogP contribution is -2.15. The average Bonchev–Trinajstić information content (AvgIpc) is 3.59. The third-order valence-electron chi connectivity index (χ3n) is 8.32. The second-order valence-electron chi connectivity index (χ2n) is 10.9. The van der Waals surface area contributed by atoms with Gasteiger partial charge in [0.2, 0.25) is 0 Å². The van der Waals surface area contributed by atoms with Crippen molar-refractivity contribution in [1.82, 2.24) is 15.3 Å². The van der Waals surface area contributed by atoms with E-state index < -0.39 is 11.9 Å². The van der Waals surface area contributed by atoms with Gasteiger partial charge in [-0.2, -0.15) is 0 Å². The Labute approximate surface area is 249 Å². The standard InChI is InChI=1S/C33H38N4O6/c1-7-20-18(5)32(42)36-26(20)14-28-22(9-11-30(38)39)16(3)24(34-28)13-25-17(4)23(10-12-31(40)41)29(35-25)15-27-21(8-2)19(6)33(43)37-27/h13-15,34-35H,7-12H2,1-6H3,(H,36,42)(H,38,39)(H,40,41)/b25-13+,26-14-,29-15?. The van der Waals surface area contributed by atoms with Crippen LogP contribution >= 0.6 is 0 Å². The van der Waals surface area contributed by atoms with Gasteiger partial charge in [0.15, 0.2) is 0 Å². The van der Waals surface area contributed by atoms with Crippen LogP contribution in [0.2, 0.25) is 0 Å². The largest absolute Gasteiger partial charge is 0.481 e. The molecule has 0 unspecified atom stereocenters. The molecule has 2 amide bonds. The highest BCUT2D eigenvalue weighted by atomic mass is 16.4. The number of nitrogens with one attached hydrogen (secondary N) is 3. The maximum absolute atomic E-state index is 12.3. The molecule has 10 heteroatoms. The van der Waals surface area contributed by atoms with Crippen LogP contribution in [0.5, 0.6) is 0 Å². The Kier molecular flexibility index (Phi) is 9.18. The number of carbonyl (C=O) groups excluding carboxylic acids is 2. The number of carbonyl (C=O) groups is 4. The summed E-state index contributed by atoms with van der Waals surface area (Å²) in [6, 6.07) is 0. The molecule has 4 heterocycles. The molecule has 2 aromatic heterocycles. The van der Waals surface area contributed by atoms with Crippen LogP contribution in [0.15, 0.2) is 33.0 Å². The molecular formula is C33H38N4O6. The first kappa shape index (κ1) is 31.2. The van der Waals surface area contributed by atoms with Gasteiger partial charge in [-0.05, 0) is 105 Å². The molecule has 5 N–H and O–H groups in total. The van der Waals surface area contributed by atoms with Crippen molar-refractivity contribution in [2.24, 2.45) is 4.99 Å². The van der Waals surface area contributed by atoms with Gasteiger partial charge in [-0.25, -0.2) is 4.99 Å². The van der Waals surface area contributed by atoms with Crippen LogP contribution < -0.4 is 16.0 Å². The summed E-state index contributed by atoms with van der Waals surface area (Å²) in [7, 11) is 0. The number of aromatic amines is 2. The minimum absolute atomic E-state index is 0.0519. The summed E-state index contributed by atoms with van der Waals surface area (Å²) in [4.78, 5) is 58.6. The number of rotatable bonds is 11. The zero-order valence-electron chi connectivity index (χ0n) is 25.4. The number of aliphatic imine (C=N–C) groups is 1. The molecule has 226 valence electrons. The Balaban J connectivity index is 1.89. The summed E-state index contributed by atoms with van der Waals surface area (Å²) in [5.41, 5.74) is 9.21. The second kappa shape index (κ2) is 12.6. The van der Waals surface area contributed by atoms with Gasteiger partial charge in [-0.1, -0.05) is 13.8 Å². The summed E-state index contributed by atoms with van der Waals surface area (Å²) in [5, 5.41) is 23.2. The minimum atomic E-state index is -0.911. The van der Waals surface area contributed by atoms with E-state index in [-0.39, 0.29) is 24.7 Å². The summed E-state index contributed by atoms with van der Waals surface area (Å²) >= 11 is 0. The molecule has 0 saturated carbocycles. The Morgan fingerprint density at radius 2 is 1.37 bits per heavy atom. The molecule has 2 aliphatic rings. The maximum Gasteiger partial charge on any atom is 0.303 e. The lowest BCUT2D eigenvalue weighted by molar-refractivity contribution is -0.138. The zero-order valence-corrected chi connectivity index (χ0v) is 25.4. The molecule has 0 aliphatic carbocycles. The molecule has 2 aliphatic heterocycles. The predicted octanol–water partition coefficient (Wildman–Crippen LogP) is 3.51. The first-order valence-electron chi connectivity index (χ1n) is 14.5. The lowest BCUT2D eigenvalue weighted by Gasteiger charge is -2.05. The number of carboxylic acids is 2. The highest BCUT2D eigenvalue weighted by molar-refractivity contribution is 6.30. The normalized spacial score (nSPS) is 17.2. The Bertz CT molecular complexity index is 1790. The second-order valence-corrected chi connectivity index (χ2v) is 10.9. The van der Waals surface area contributed by atoms with Crippen molar-refractivity contribution in [3.8, 4) is 0 Å². The van der Waals surface area contributed by atoms with Gasteiger partial charge >= 0.3 is 11.9 Å². The third-order valence-corrected chi connectivity index (χ3v) is 8.32. The monoisotopic (exact) mass is 586 g/mol. The molecule has 0 fully saturated rings. The summed E-state index contributed by atoms with van der Waals surface area (Å²) < 4.78 is 0. The van der Waals surface area contributed by atoms with E-state index in [0.717, 1.165) is 50.1 Å². The number of nitrogens with zero attached hydrogens (tertiary/aromatic N) is 1. The third kappa shape index (κ3) is 6.38. The Morgan fingerprint density at radius 1 is 0.744 bits per heavy atom. The zero-order chi connectivity index (χ0) is 31.6. The number of hydrogen-bond acceptors (Lipinski definition) is 4. The molecule has 2 aromatic rings. The van der Waals surface area contributed by atoms with E-state index in [1.54, 1.807) is 13.8 Å². The van der Waals surface area contributed by atoms with E-state index in [9.17, 15) is 29.4 Å². The van der Waals surface area contributed by atoms with Crippen molar-refractivity contribution in [2.75, 3.05) is 0 Å². The number of amides is 2. The fraction of sp³-hybridized carbons (Fsp3) is 0.364. The molecular weight excluding hydrogens is 548 g/mol. The highest BCUT2D eigenvalue weighted by Gasteiger charge is 2.24. The van der Waals surface area contributed by atoms with Gasteiger partial charge in [-0.3, -0.25) is 19.2 Å². The fourth-order valence-corrected chi connectivity index (χ4v) is 5.78. The van der Waals surface area contributed by atoms with Crippen LogP contribution in [-0.4, -0.2) is 49.6 Å². The van der Waals surface area contributed by atoms with E-state index in [2.05, 4.69) is 20.3 Å². The smallest absolute Gasteiger partial charge is 0.303 e. The molecule has 10 nitrogen and oxygen atoms in total. The number of allylic oxidation sites excluding steroid dienone is 2. The molecule has 0 bridgehead atoms. The van der Waals surface area contributed by atoms with Crippen molar-refractivity contribution in [1.29, 1.82) is 0 Å². The SMILES string of the molecule is CCC1=C(C)C(=O)N=C1C=c1[nH]/c(=C/c2[nH]c(/C=C3\NC(=O)C(C)=C3CC)c(CCC(=O)O)c2C)c(C)c1CCC(=O)O. The van der Waals surface area contributed by atoms with Gasteiger partial charge in [0.25, 0.3) is 11.8 Å². The Morgan fingerprint density at radius 3 is 1.98 bits per heavy atom. The van der Waals surface area contributed by atoms with Crippen LogP contribution in [0.1, 0.15) is 87.0 Å². The van der Waals surface area contributed by atoms with E-state index >= 15 is 0 Å². The van der Waals surface area contributed by atoms with Crippen molar-refractivity contribution >= 4 is 47.7 Å². The van der Waals surface area contributed by atoms with Crippen LogP contribution in [0, 0.1) is 13.8 Å². The van der Waals surface area contributed by atoms with Gasteiger partial charge in [0.05, 0.1) is 5.71 Å². The number of H-pyrrole nitrogens is 2. The predicted molar refractivity (Wildman–Crippen MR) is 165 cm³/mol. The fourth-order valence-electron chi connectivity index (χ4n) is 5.78. The van der Waals surface area contributed by atoms with Crippen molar-refractivity contribution in [3.63, 3.8) is 0 Å². The topological polar surface area (TPSA) is 165 Å². The van der Waals surface area contributed by atoms with Crippen molar-refractivity contribution < 1.29 is 29.4 Å². The number of hydrogen-bond donors (Lipinski definition) is 5. The summed E-state index contributed by atoms with van der Waals surface area (Å²) in [6.45, 7) is 11.3. The first-order valence-corrected chi connectivity index (χ1v) is 14.5. The van der Waals surface area contributed by atoms with E-state index in [1.807, 2.05) is 45.9 Å². The summed E-state index contributed by atoms with van der Waals surface area (Å²) in [5.74, 6) is -2.23. The van der Waals surface area contributed by atoms with Crippen molar-refractivity contribution in [3.05, 3.63) is 72.3 Å². The minimum Gasteiger partial charge on any atom is -0.481 e. The Hall–Kier alpha value is -4.73. The molecule has 43 heavy (non-hydrogen) atoms. The number of carboxylic acid groups (broad SMARTS) is 2. The van der Waals surface area contributed by atoms with Crippen LogP contribution in [0.25, 0.3) is 18.2 Å². The molecule has 0 aromatic carbocycles. The van der Waals surface area contributed by atoms with E-state index in [1.165, 1.54) is 0 Å². The average molecular weight is 587 g/mol. The maximum atomic E-state index is 12.3. The lowest BCUT2D eigenvalue weighted by atomic mass is 10.0. The van der Waals surface area contributed by atoms with Gasteiger partial charge in [-0.15, -0.1) is 0 Å². The van der Waals surface area contributed by atoms with Gasteiger partial charge in [0, 0.05) is 51.8 Å². The van der Waals surface area contributed by atoms with Crippen LogP contribution in [0.3, 0.4) is 0 Å². The number of aromatic nitrogens is 2. The first-order chi connectivity index (χ1) is 20.4. The molecule has 0 spiro atoms. The number of aliphatic carboxylic acids is 2. The quantitative estimate of drug-likeness (QED) is 0.270. The molecule has 0 radical (unpaired) electrons. The van der Waals surface area contributed by atoms with Gasteiger partial charge in [0.1, 0.15) is 0 Å². The van der Waals surface area contributed by atoms with E-state index in [4.69, 9.17) is 0 Å². The molecule has 0 atom stereocenters. The highest BCUT2D eigenvalue weighted by Crippen LogP contribution is 2.28. The van der Waals surface area contributed by atoms with Crippen LogP contribution in [-0.2, 0) is 32.0 Å². The van der Waals surface area contributed by atoms with Gasteiger partial charge < -0.3 is 25.5 Å². The summed E-state index contributed by atoms with van der Waals surface area (Å²) in [6.07, 6.45) is 7.40. The van der Waals surface area contributed by atoms with E-state index in [0.29, 0.717) is 53.6 Å². The molecule has 4 rings (SSSR count). The van der Waals surface area contributed by atoms with Crippen molar-refractivity contribution in [2.45, 2.75) is 80.1 Å². The molecule has 0 saturated heterocycles.